The highest BCUT2D eigenvalue weighted by Crippen LogP contribution is 2.35. The highest BCUT2D eigenvalue weighted by atomic mass is 16.6. The Balaban J connectivity index is 1.66. The summed E-state index contributed by atoms with van der Waals surface area (Å²) in [6, 6.07) is 0. The zero-order valence-electron chi connectivity index (χ0n) is 7.27. The Hall–Kier alpha value is -1.03. The quantitative estimate of drug-likeness (QED) is 0.357. The van der Waals surface area contributed by atoms with Gasteiger partial charge in [-0.1, -0.05) is 0 Å². The van der Waals surface area contributed by atoms with E-state index in [1.54, 1.807) is 0 Å². The van der Waals surface area contributed by atoms with Crippen molar-refractivity contribution in [3.05, 3.63) is 11.8 Å². The summed E-state index contributed by atoms with van der Waals surface area (Å²) in [7, 11) is 0. The second kappa shape index (κ2) is 3.79. The van der Waals surface area contributed by atoms with Crippen molar-refractivity contribution in [1.82, 2.24) is 0 Å². The molecule has 0 aromatic heterocycles. The van der Waals surface area contributed by atoms with Gasteiger partial charge in [0.1, 0.15) is 19.3 Å². The Morgan fingerprint density at radius 2 is 2.54 bits per heavy atom. The van der Waals surface area contributed by atoms with E-state index in [1.165, 1.54) is 0 Å². The van der Waals surface area contributed by atoms with Crippen LogP contribution in [0.25, 0.3) is 0 Å². The number of carbonyl (C=O) groups excluding carboxylic acids is 1. The van der Waals surface area contributed by atoms with Gasteiger partial charge in [-0.25, -0.2) is 0 Å². The number of epoxide rings is 1. The molecule has 2 rings (SSSR count). The first-order valence-electron chi connectivity index (χ1n) is 4.44. The topological polar surface area (TPSA) is 48.1 Å². The monoisotopic (exact) mass is 184 g/mol. The lowest BCUT2D eigenvalue weighted by Gasteiger charge is -2.11. The number of allylic oxidation sites excluding steroid dienone is 1. The lowest BCUT2D eigenvalue weighted by molar-refractivity contribution is -0.129. The molecule has 4 nitrogen and oxygen atoms in total. The van der Waals surface area contributed by atoms with Crippen LogP contribution in [0.5, 0.6) is 0 Å². The fraction of sp³-hybridized carbons (Fsp3) is 0.667. The summed E-state index contributed by atoms with van der Waals surface area (Å²) < 4.78 is 15.2. The van der Waals surface area contributed by atoms with E-state index >= 15 is 0 Å². The predicted molar refractivity (Wildman–Crippen MR) is 43.9 cm³/mol. The van der Waals surface area contributed by atoms with Gasteiger partial charge in [0, 0.05) is 6.42 Å². The van der Waals surface area contributed by atoms with Gasteiger partial charge in [0.15, 0.2) is 0 Å². The van der Waals surface area contributed by atoms with Crippen molar-refractivity contribution in [2.75, 3.05) is 13.2 Å². The van der Waals surface area contributed by atoms with E-state index in [2.05, 4.69) is 4.74 Å². The molecule has 13 heavy (non-hydrogen) atoms. The molecule has 0 aromatic rings. The summed E-state index contributed by atoms with van der Waals surface area (Å²) in [6.07, 6.45) is 4.72. The van der Waals surface area contributed by atoms with E-state index in [-0.39, 0.29) is 6.10 Å². The highest BCUT2D eigenvalue weighted by molar-refractivity contribution is 5.36. The summed E-state index contributed by atoms with van der Waals surface area (Å²) >= 11 is 0. The van der Waals surface area contributed by atoms with Crippen molar-refractivity contribution < 1.29 is 19.0 Å². The minimum Gasteiger partial charge on any atom is -0.495 e. The molecule has 0 amide bonds. The smallest absolute Gasteiger partial charge is 0.293 e. The number of hydrogen-bond donors (Lipinski definition) is 0. The maximum atomic E-state index is 9.80. The fourth-order valence-electron chi connectivity index (χ4n) is 1.48. The van der Waals surface area contributed by atoms with Gasteiger partial charge in [0.05, 0.1) is 11.9 Å². The minimum atomic E-state index is 0.288. The molecule has 0 N–H and O–H groups in total. The van der Waals surface area contributed by atoms with E-state index in [0.29, 0.717) is 25.8 Å². The SMILES string of the molecule is O=COCCOC1=CC2OC2CC1. The van der Waals surface area contributed by atoms with Gasteiger partial charge in [-0.2, -0.15) is 0 Å². The van der Waals surface area contributed by atoms with Crippen molar-refractivity contribution in [1.29, 1.82) is 0 Å². The van der Waals surface area contributed by atoms with E-state index in [9.17, 15) is 4.79 Å². The summed E-state index contributed by atoms with van der Waals surface area (Å²) in [5.41, 5.74) is 0. The van der Waals surface area contributed by atoms with Crippen molar-refractivity contribution in [3.8, 4) is 0 Å². The standard InChI is InChI=1S/C9H12O4/c10-6-11-3-4-12-7-1-2-8-9(5-7)13-8/h5-6,8-9H,1-4H2. The molecule has 0 spiro atoms. The molecule has 1 heterocycles. The molecule has 2 aliphatic rings. The first-order chi connectivity index (χ1) is 6.40. The van der Waals surface area contributed by atoms with Crippen LogP contribution in [0.3, 0.4) is 0 Å². The van der Waals surface area contributed by atoms with Gasteiger partial charge < -0.3 is 14.2 Å². The summed E-state index contributed by atoms with van der Waals surface area (Å²) in [5, 5.41) is 0. The number of rotatable bonds is 5. The molecule has 1 saturated heterocycles. The average molecular weight is 184 g/mol. The van der Waals surface area contributed by atoms with Crippen molar-refractivity contribution in [2.24, 2.45) is 0 Å². The molecule has 0 radical (unpaired) electrons. The Bertz CT molecular complexity index is 224. The molecule has 0 aromatic carbocycles. The molecule has 0 saturated carbocycles. The Morgan fingerprint density at radius 1 is 1.62 bits per heavy atom. The molecule has 0 bridgehead atoms. The first-order valence-corrected chi connectivity index (χ1v) is 4.44. The lowest BCUT2D eigenvalue weighted by Crippen LogP contribution is -2.08. The van der Waals surface area contributed by atoms with Crippen LogP contribution in [-0.4, -0.2) is 31.9 Å². The average Bonchev–Trinajstić information content (AvgIpc) is 2.90. The second-order valence-corrected chi connectivity index (χ2v) is 3.13. The molecular weight excluding hydrogens is 172 g/mol. The Kier molecular flexibility index (Phi) is 2.49. The van der Waals surface area contributed by atoms with Gasteiger partial charge in [-0.3, -0.25) is 4.79 Å². The highest BCUT2D eigenvalue weighted by Gasteiger charge is 2.40. The van der Waals surface area contributed by atoms with Gasteiger partial charge in [0.2, 0.25) is 0 Å². The zero-order valence-corrected chi connectivity index (χ0v) is 7.27. The molecule has 1 aliphatic heterocycles. The van der Waals surface area contributed by atoms with Crippen LogP contribution >= 0.6 is 0 Å². The largest absolute Gasteiger partial charge is 0.495 e. The first kappa shape index (κ1) is 8.56. The van der Waals surface area contributed by atoms with Crippen molar-refractivity contribution >= 4 is 6.47 Å². The zero-order chi connectivity index (χ0) is 9.10. The van der Waals surface area contributed by atoms with Crippen LogP contribution in [0.1, 0.15) is 12.8 Å². The van der Waals surface area contributed by atoms with Crippen molar-refractivity contribution in [3.63, 3.8) is 0 Å². The van der Waals surface area contributed by atoms with Gasteiger partial charge >= 0.3 is 0 Å². The molecule has 2 atom stereocenters. The van der Waals surface area contributed by atoms with E-state index < -0.39 is 0 Å². The van der Waals surface area contributed by atoms with Crippen LogP contribution < -0.4 is 0 Å². The van der Waals surface area contributed by atoms with Gasteiger partial charge in [0.25, 0.3) is 6.47 Å². The van der Waals surface area contributed by atoms with Crippen LogP contribution in [0.15, 0.2) is 11.8 Å². The number of hydrogen-bond acceptors (Lipinski definition) is 4. The molecule has 4 heteroatoms. The van der Waals surface area contributed by atoms with Crippen LogP contribution in [0.4, 0.5) is 0 Å². The third-order valence-corrected chi connectivity index (χ3v) is 2.20. The van der Waals surface area contributed by atoms with E-state index in [1.807, 2.05) is 6.08 Å². The number of ether oxygens (including phenoxy) is 3. The maximum absolute atomic E-state index is 9.80. The van der Waals surface area contributed by atoms with Crippen LogP contribution in [0, 0.1) is 0 Å². The Labute approximate surface area is 76.5 Å². The second-order valence-electron chi connectivity index (χ2n) is 3.13. The van der Waals surface area contributed by atoms with E-state index in [0.717, 1.165) is 18.6 Å². The molecule has 1 aliphatic carbocycles. The third kappa shape index (κ3) is 2.21. The minimum absolute atomic E-state index is 0.288. The van der Waals surface area contributed by atoms with Crippen LogP contribution in [0.2, 0.25) is 0 Å². The number of fused-ring (bicyclic) bond motifs is 1. The summed E-state index contributed by atoms with van der Waals surface area (Å²) in [5.74, 6) is 0.966. The maximum Gasteiger partial charge on any atom is 0.293 e. The van der Waals surface area contributed by atoms with Gasteiger partial charge in [-0.15, -0.1) is 0 Å². The molecule has 2 unspecified atom stereocenters. The summed E-state index contributed by atoms with van der Waals surface area (Å²) in [6.45, 7) is 1.18. The molecule has 1 fully saturated rings. The van der Waals surface area contributed by atoms with Gasteiger partial charge in [-0.05, 0) is 12.5 Å². The van der Waals surface area contributed by atoms with E-state index in [4.69, 9.17) is 9.47 Å². The van der Waals surface area contributed by atoms with Crippen LogP contribution in [-0.2, 0) is 19.0 Å². The van der Waals surface area contributed by atoms with Crippen molar-refractivity contribution in [2.45, 2.75) is 25.0 Å². The molecular formula is C9H12O4. The summed E-state index contributed by atoms with van der Waals surface area (Å²) in [4.78, 5) is 9.80. The predicted octanol–water partition coefficient (Wildman–Crippen LogP) is 0.621. The molecule has 72 valence electrons. The lowest BCUT2D eigenvalue weighted by atomic mass is 10.1. The Morgan fingerprint density at radius 3 is 3.31 bits per heavy atom. The third-order valence-electron chi connectivity index (χ3n) is 2.20. The normalized spacial score (nSPS) is 30.0. The fourth-order valence-corrected chi connectivity index (χ4v) is 1.48. The number of carbonyl (C=O) groups is 1.